The molecule has 2 heterocycles. The molecule has 104 valence electrons. The van der Waals surface area contributed by atoms with Gasteiger partial charge in [0.25, 0.3) is 0 Å². The molecule has 1 aliphatic rings. The molecule has 0 saturated carbocycles. The van der Waals surface area contributed by atoms with E-state index in [0.717, 1.165) is 48.8 Å². The standard InChI is InChI=1S/C16H19N3O/c1-3-14-13-8-9-17-10-15(13)19-16(18-14)11-4-6-12(20-2)7-5-11/h4-7,17H,3,8-10H2,1-2H3. The van der Waals surface area contributed by atoms with E-state index in [-0.39, 0.29) is 0 Å². The van der Waals surface area contributed by atoms with Gasteiger partial charge in [0.1, 0.15) is 5.75 Å². The van der Waals surface area contributed by atoms with Crippen molar-refractivity contribution in [2.24, 2.45) is 0 Å². The number of methoxy groups -OCH3 is 1. The monoisotopic (exact) mass is 269 g/mol. The van der Waals surface area contributed by atoms with Crippen molar-refractivity contribution in [3.05, 3.63) is 41.2 Å². The van der Waals surface area contributed by atoms with Crippen LogP contribution in [0.2, 0.25) is 0 Å². The first-order valence-corrected chi connectivity index (χ1v) is 7.05. The van der Waals surface area contributed by atoms with Gasteiger partial charge in [0.15, 0.2) is 5.82 Å². The second-order valence-corrected chi connectivity index (χ2v) is 4.93. The van der Waals surface area contributed by atoms with Gasteiger partial charge >= 0.3 is 0 Å². The highest BCUT2D eigenvalue weighted by molar-refractivity contribution is 5.57. The molecule has 0 aliphatic carbocycles. The summed E-state index contributed by atoms with van der Waals surface area (Å²) in [6.07, 6.45) is 1.98. The Labute approximate surface area is 119 Å². The van der Waals surface area contributed by atoms with Gasteiger partial charge in [-0.3, -0.25) is 0 Å². The number of hydrogen-bond acceptors (Lipinski definition) is 4. The van der Waals surface area contributed by atoms with Crippen molar-refractivity contribution >= 4 is 0 Å². The minimum atomic E-state index is 0.812. The van der Waals surface area contributed by atoms with Crippen LogP contribution in [0.1, 0.15) is 23.9 Å². The summed E-state index contributed by atoms with van der Waals surface area (Å²) < 4.78 is 5.19. The van der Waals surface area contributed by atoms with Crippen LogP contribution in [0.25, 0.3) is 11.4 Å². The molecule has 0 amide bonds. The molecule has 4 heteroatoms. The fourth-order valence-corrected chi connectivity index (χ4v) is 2.60. The second kappa shape index (κ2) is 5.59. The molecule has 0 radical (unpaired) electrons. The SMILES string of the molecule is CCc1nc(-c2ccc(OC)cc2)nc2c1CCNC2. The van der Waals surface area contributed by atoms with Crippen molar-refractivity contribution in [1.29, 1.82) is 0 Å². The molecule has 1 aromatic carbocycles. The van der Waals surface area contributed by atoms with Crippen LogP contribution in [0.15, 0.2) is 24.3 Å². The van der Waals surface area contributed by atoms with E-state index < -0.39 is 0 Å². The highest BCUT2D eigenvalue weighted by Gasteiger charge is 2.17. The molecule has 1 aliphatic heterocycles. The van der Waals surface area contributed by atoms with Crippen LogP contribution in [-0.4, -0.2) is 23.6 Å². The largest absolute Gasteiger partial charge is 0.497 e. The molecule has 0 fully saturated rings. The van der Waals surface area contributed by atoms with E-state index in [1.165, 1.54) is 11.3 Å². The first kappa shape index (κ1) is 13.1. The van der Waals surface area contributed by atoms with Gasteiger partial charge in [-0.2, -0.15) is 0 Å². The second-order valence-electron chi connectivity index (χ2n) is 4.93. The fraction of sp³-hybridized carbons (Fsp3) is 0.375. The smallest absolute Gasteiger partial charge is 0.159 e. The number of ether oxygens (including phenoxy) is 1. The Morgan fingerprint density at radius 2 is 2.00 bits per heavy atom. The number of rotatable bonds is 3. The molecule has 0 atom stereocenters. The van der Waals surface area contributed by atoms with Gasteiger partial charge in [-0.05, 0) is 49.2 Å². The van der Waals surface area contributed by atoms with Crippen molar-refractivity contribution in [3.63, 3.8) is 0 Å². The Morgan fingerprint density at radius 1 is 1.20 bits per heavy atom. The number of aryl methyl sites for hydroxylation is 1. The predicted octanol–water partition coefficient (Wildman–Crippen LogP) is 2.36. The van der Waals surface area contributed by atoms with Crippen molar-refractivity contribution in [3.8, 4) is 17.1 Å². The summed E-state index contributed by atoms with van der Waals surface area (Å²) in [7, 11) is 1.67. The van der Waals surface area contributed by atoms with Gasteiger partial charge in [-0.25, -0.2) is 9.97 Å². The minimum Gasteiger partial charge on any atom is -0.497 e. The molecule has 0 saturated heterocycles. The summed E-state index contributed by atoms with van der Waals surface area (Å²) in [5, 5.41) is 3.38. The number of hydrogen-bond donors (Lipinski definition) is 1. The molecule has 0 bridgehead atoms. The lowest BCUT2D eigenvalue weighted by molar-refractivity contribution is 0.415. The molecule has 3 rings (SSSR count). The molecular formula is C16H19N3O. The van der Waals surface area contributed by atoms with Gasteiger partial charge in [-0.1, -0.05) is 6.92 Å². The molecular weight excluding hydrogens is 250 g/mol. The lowest BCUT2D eigenvalue weighted by atomic mass is 10.0. The summed E-state index contributed by atoms with van der Waals surface area (Å²) in [4.78, 5) is 9.48. The van der Waals surface area contributed by atoms with Crippen molar-refractivity contribution in [2.45, 2.75) is 26.3 Å². The maximum absolute atomic E-state index is 5.19. The molecule has 0 unspecified atom stereocenters. The molecule has 1 aromatic heterocycles. The number of nitrogens with zero attached hydrogens (tertiary/aromatic N) is 2. The number of benzene rings is 1. The zero-order chi connectivity index (χ0) is 13.9. The third kappa shape index (κ3) is 2.39. The summed E-state index contributed by atoms with van der Waals surface area (Å²) in [5.74, 6) is 1.66. The lowest BCUT2D eigenvalue weighted by Crippen LogP contribution is -2.26. The average Bonchev–Trinajstić information content (AvgIpc) is 2.54. The maximum Gasteiger partial charge on any atom is 0.159 e. The van der Waals surface area contributed by atoms with E-state index >= 15 is 0 Å². The van der Waals surface area contributed by atoms with Crippen LogP contribution in [0.3, 0.4) is 0 Å². The Hall–Kier alpha value is -1.94. The molecule has 0 spiro atoms. The fourth-order valence-electron chi connectivity index (χ4n) is 2.60. The number of nitrogens with one attached hydrogen (secondary N) is 1. The van der Waals surface area contributed by atoms with Crippen LogP contribution < -0.4 is 10.1 Å². The van der Waals surface area contributed by atoms with Gasteiger partial charge in [0.2, 0.25) is 0 Å². The zero-order valence-corrected chi connectivity index (χ0v) is 11.9. The van der Waals surface area contributed by atoms with Crippen molar-refractivity contribution in [2.75, 3.05) is 13.7 Å². The van der Waals surface area contributed by atoms with E-state index in [1.54, 1.807) is 7.11 Å². The Kier molecular flexibility index (Phi) is 3.65. The van der Waals surface area contributed by atoms with Gasteiger partial charge in [-0.15, -0.1) is 0 Å². The highest BCUT2D eigenvalue weighted by Crippen LogP contribution is 2.23. The molecule has 1 N–H and O–H groups in total. The van der Waals surface area contributed by atoms with E-state index in [4.69, 9.17) is 14.7 Å². The van der Waals surface area contributed by atoms with Crippen molar-refractivity contribution in [1.82, 2.24) is 15.3 Å². The van der Waals surface area contributed by atoms with Gasteiger partial charge in [0.05, 0.1) is 12.8 Å². The first-order chi connectivity index (χ1) is 9.81. The van der Waals surface area contributed by atoms with Gasteiger partial charge < -0.3 is 10.1 Å². The highest BCUT2D eigenvalue weighted by atomic mass is 16.5. The first-order valence-electron chi connectivity index (χ1n) is 7.05. The summed E-state index contributed by atoms with van der Waals surface area (Å²) in [6, 6.07) is 7.91. The quantitative estimate of drug-likeness (QED) is 0.929. The van der Waals surface area contributed by atoms with Crippen LogP contribution in [0.5, 0.6) is 5.75 Å². The molecule has 2 aromatic rings. The van der Waals surface area contributed by atoms with E-state index in [9.17, 15) is 0 Å². The Balaban J connectivity index is 2.04. The normalized spacial score (nSPS) is 13.9. The third-order valence-electron chi connectivity index (χ3n) is 3.71. The zero-order valence-electron chi connectivity index (χ0n) is 11.9. The molecule has 4 nitrogen and oxygen atoms in total. The third-order valence-corrected chi connectivity index (χ3v) is 3.71. The Morgan fingerprint density at radius 3 is 2.70 bits per heavy atom. The van der Waals surface area contributed by atoms with Crippen molar-refractivity contribution < 1.29 is 4.74 Å². The summed E-state index contributed by atoms with van der Waals surface area (Å²) in [6.45, 7) is 4.02. The van der Waals surface area contributed by atoms with Crippen LogP contribution in [0, 0.1) is 0 Å². The Bertz CT molecular complexity index is 591. The van der Waals surface area contributed by atoms with E-state index in [0.29, 0.717) is 0 Å². The summed E-state index contributed by atoms with van der Waals surface area (Å²) >= 11 is 0. The maximum atomic E-state index is 5.19. The summed E-state index contributed by atoms with van der Waals surface area (Å²) in [5.41, 5.74) is 4.70. The topological polar surface area (TPSA) is 47.0 Å². The van der Waals surface area contributed by atoms with E-state index in [2.05, 4.69) is 12.2 Å². The van der Waals surface area contributed by atoms with E-state index in [1.807, 2.05) is 24.3 Å². The minimum absolute atomic E-state index is 0.812. The van der Waals surface area contributed by atoms with Crippen LogP contribution in [-0.2, 0) is 19.4 Å². The average molecular weight is 269 g/mol. The van der Waals surface area contributed by atoms with Crippen LogP contribution >= 0.6 is 0 Å². The predicted molar refractivity (Wildman–Crippen MR) is 78.8 cm³/mol. The number of fused-ring (bicyclic) bond motifs is 1. The van der Waals surface area contributed by atoms with Crippen LogP contribution in [0.4, 0.5) is 0 Å². The lowest BCUT2D eigenvalue weighted by Gasteiger charge is -2.19. The number of aromatic nitrogens is 2. The molecule has 20 heavy (non-hydrogen) atoms. The van der Waals surface area contributed by atoms with Gasteiger partial charge in [0, 0.05) is 17.8 Å².